The molecule has 3 aromatic rings. The van der Waals surface area contributed by atoms with Gasteiger partial charge < -0.3 is 9.15 Å². The zero-order valence-corrected chi connectivity index (χ0v) is 11.7. The molecule has 0 amide bonds. The van der Waals surface area contributed by atoms with Crippen molar-refractivity contribution in [2.75, 3.05) is 7.11 Å². The first kappa shape index (κ1) is 14.1. The van der Waals surface area contributed by atoms with Gasteiger partial charge in [-0.25, -0.2) is 14.0 Å². The van der Waals surface area contributed by atoms with Crippen LogP contribution in [0.25, 0.3) is 11.1 Å². The Morgan fingerprint density at radius 2 is 2.05 bits per heavy atom. The van der Waals surface area contributed by atoms with Gasteiger partial charge in [0.15, 0.2) is 5.58 Å². The van der Waals surface area contributed by atoms with Crippen LogP contribution in [-0.4, -0.2) is 17.6 Å². The van der Waals surface area contributed by atoms with Crippen LogP contribution in [0.4, 0.5) is 4.39 Å². The van der Waals surface area contributed by atoms with E-state index in [0.29, 0.717) is 16.7 Å². The molecule has 0 aliphatic heterocycles. The third kappa shape index (κ3) is 2.39. The molecule has 0 unspecified atom stereocenters. The second kappa shape index (κ2) is 5.48. The summed E-state index contributed by atoms with van der Waals surface area (Å²) in [5, 5.41) is 0. The molecule has 1 aromatic heterocycles. The number of nitrogens with zero attached hydrogens (tertiary/aromatic N) is 1. The number of aromatic nitrogens is 1. The molecule has 0 atom stereocenters. The number of carbonyl (C=O) groups excluding carboxylic acids is 1. The number of rotatable bonds is 3. The van der Waals surface area contributed by atoms with Gasteiger partial charge in [0, 0.05) is 5.56 Å². The first-order chi connectivity index (χ1) is 10.6. The van der Waals surface area contributed by atoms with Crippen LogP contribution in [-0.2, 0) is 11.3 Å². The van der Waals surface area contributed by atoms with Gasteiger partial charge in [0.2, 0.25) is 0 Å². The third-order valence-electron chi connectivity index (χ3n) is 3.37. The fraction of sp³-hybridized carbons (Fsp3) is 0.125. The van der Waals surface area contributed by atoms with Crippen LogP contribution < -0.4 is 5.76 Å². The van der Waals surface area contributed by atoms with Crippen molar-refractivity contribution in [1.29, 1.82) is 0 Å². The van der Waals surface area contributed by atoms with Crippen LogP contribution in [0.5, 0.6) is 0 Å². The van der Waals surface area contributed by atoms with Gasteiger partial charge in [-0.1, -0.05) is 18.2 Å². The first-order valence-electron chi connectivity index (χ1n) is 6.55. The normalized spacial score (nSPS) is 10.8. The van der Waals surface area contributed by atoms with Crippen molar-refractivity contribution >= 4 is 17.1 Å². The molecule has 0 aliphatic carbocycles. The van der Waals surface area contributed by atoms with Gasteiger partial charge in [0.1, 0.15) is 5.82 Å². The Kier molecular flexibility index (Phi) is 3.50. The van der Waals surface area contributed by atoms with E-state index >= 15 is 0 Å². The monoisotopic (exact) mass is 301 g/mol. The summed E-state index contributed by atoms with van der Waals surface area (Å²) in [4.78, 5) is 23.6. The number of benzene rings is 2. The number of esters is 1. The van der Waals surface area contributed by atoms with Gasteiger partial charge >= 0.3 is 11.7 Å². The second-order valence-corrected chi connectivity index (χ2v) is 4.72. The predicted octanol–water partition coefficient (Wildman–Crippen LogP) is 2.57. The number of methoxy groups -OCH3 is 1. The Hall–Kier alpha value is -2.89. The van der Waals surface area contributed by atoms with Gasteiger partial charge in [-0.2, -0.15) is 0 Å². The maximum atomic E-state index is 13.8. The number of oxazole rings is 1. The average Bonchev–Trinajstić information content (AvgIpc) is 2.84. The van der Waals surface area contributed by atoms with Crippen LogP contribution >= 0.6 is 0 Å². The smallest absolute Gasteiger partial charge is 0.420 e. The minimum absolute atomic E-state index is 0.0170. The van der Waals surface area contributed by atoms with E-state index in [0.717, 1.165) is 0 Å². The lowest BCUT2D eigenvalue weighted by Crippen LogP contribution is -2.15. The molecule has 0 N–H and O–H groups in total. The zero-order valence-electron chi connectivity index (χ0n) is 11.7. The van der Waals surface area contributed by atoms with E-state index in [2.05, 4.69) is 4.74 Å². The molecule has 0 spiro atoms. The molecule has 0 saturated carbocycles. The first-order valence-corrected chi connectivity index (χ1v) is 6.55. The van der Waals surface area contributed by atoms with E-state index < -0.39 is 17.5 Å². The highest BCUT2D eigenvalue weighted by Crippen LogP contribution is 2.18. The van der Waals surface area contributed by atoms with Crippen LogP contribution in [0.2, 0.25) is 0 Å². The topological polar surface area (TPSA) is 61.4 Å². The SMILES string of the molecule is COC(=O)c1ccc2oc(=O)n(Cc3ccccc3F)c2c1. The molecule has 1 heterocycles. The van der Waals surface area contributed by atoms with Gasteiger partial charge in [-0.3, -0.25) is 4.57 Å². The average molecular weight is 301 g/mol. The summed E-state index contributed by atoms with van der Waals surface area (Å²) >= 11 is 0. The molecule has 0 radical (unpaired) electrons. The molecule has 5 nitrogen and oxygen atoms in total. The van der Waals surface area contributed by atoms with Crippen molar-refractivity contribution in [3.63, 3.8) is 0 Å². The van der Waals surface area contributed by atoms with Gasteiger partial charge in [-0.05, 0) is 24.3 Å². The van der Waals surface area contributed by atoms with E-state index in [9.17, 15) is 14.0 Å². The predicted molar refractivity (Wildman–Crippen MR) is 77.3 cm³/mol. The number of fused-ring (bicyclic) bond motifs is 1. The number of halogens is 1. The Bertz CT molecular complexity index is 910. The van der Waals surface area contributed by atoms with E-state index in [-0.39, 0.29) is 12.1 Å². The molecule has 0 aliphatic rings. The van der Waals surface area contributed by atoms with Crippen molar-refractivity contribution in [1.82, 2.24) is 4.57 Å². The van der Waals surface area contributed by atoms with Crippen molar-refractivity contribution in [2.24, 2.45) is 0 Å². The molecule has 3 rings (SSSR count). The van der Waals surface area contributed by atoms with Crippen LogP contribution in [0.3, 0.4) is 0 Å². The molecule has 6 heteroatoms. The molecular formula is C16H12FNO4. The number of ether oxygens (including phenoxy) is 1. The van der Waals surface area contributed by atoms with Crippen LogP contribution in [0.15, 0.2) is 51.7 Å². The number of carbonyl (C=O) groups is 1. The lowest BCUT2D eigenvalue weighted by Gasteiger charge is -2.05. The molecule has 22 heavy (non-hydrogen) atoms. The Morgan fingerprint density at radius 1 is 1.27 bits per heavy atom. The standard InChI is InChI=1S/C16H12FNO4/c1-21-15(19)10-6-7-14-13(8-10)18(16(20)22-14)9-11-4-2-3-5-12(11)17/h2-8H,9H2,1H3. The van der Waals surface area contributed by atoms with Gasteiger partial charge in [-0.15, -0.1) is 0 Å². The minimum atomic E-state index is -0.611. The molecule has 2 aromatic carbocycles. The van der Waals surface area contributed by atoms with E-state index in [1.54, 1.807) is 18.2 Å². The van der Waals surface area contributed by atoms with E-state index in [1.165, 1.54) is 35.9 Å². The highest BCUT2D eigenvalue weighted by Gasteiger charge is 2.14. The van der Waals surface area contributed by atoms with Crippen molar-refractivity contribution < 1.29 is 18.3 Å². The van der Waals surface area contributed by atoms with Gasteiger partial charge in [0.25, 0.3) is 0 Å². The number of hydrogen-bond acceptors (Lipinski definition) is 4. The van der Waals surface area contributed by atoms with Crippen LogP contribution in [0, 0.1) is 5.82 Å². The molecule has 0 saturated heterocycles. The Labute approximate surface area is 124 Å². The molecule has 0 bridgehead atoms. The van der Waals surface area contributed by atoms with Crippen molar-refractivity contribution in [3.8, 4) is 0 Å². The highest BCUT2D eigenvalue weighted by molar-refractivity contribution is 5.93. The Balaban J connectivity index is 2.12. The van der Waals surface area contributed by atoms with Crippen molar-refractivity contribution in [3.05, 3.63) is 70.0 Å². The molecular weight excluding hydrogens is 289 g/mol. The molecule has 0 fully saturated rings. The summed E-state index contributed by atoms with van der Waals surface area (Å²) in [5.41, 5.74) is 1.39. The maximum Gasteiger partial charge on any atom is 0.420 e. The summed E-state index contributed by atoms with van der Waals surface area (Å²) in [7, 11) is 1.27. The quantitative estimate of drug-likeness (QED) is 0.698. The lowest BCUT2D eigenvalue weighted by molar-refractivity contribution is 0.0601. The summed E-state index contributed by atoms with van der Waals surface area (Å²) in [6.45, 7) is 0.0170. The second-order valence-electron chi connectivity index (χ2n) is 4.72. The zero-order chi connectivity index (χ0) is 15.7. The summed E-state index contributed by atoms with van der Waals surface area (Å²) in [6.07, 6.45) is 0. The van der Waals surface area contributed by atoms with Crippen molar-refractivity contribution in [2.45, 2.75) is 6.54 Å². The summed E-state index contributed by atoms with van der Waals surface area (Å²) < 4.78 is 24.8. The lowest BCUT2D eigenvalue weighted by atomic mass is 10.2. The van der Waals surface area contributed by atoms with Gasteiger partial charge in [0.05, 0.1) is 24.7 Å². The summed E-state index contributed by atoms with van der Waals surface area (Å²) in [6, 6.07) is 10.7. The fourth-order valence-corrected chi connectivity index (χ4v) is 2.25. The minimum Gasteiger partial charge on any atom is -0.465 e. The number of hydrogen-bond donors (Lipinski definition) is 0. The fourth-order valence-electron chi connectivity index (χ4n) is 2.25. The Morgan fingerprint density at radius 3 is 2.77 bits per heavy atom. The largest absolute Gasteiger partial charge is 0.465 e. The summed E-state index contributed by atoms with van der Waals surface area (Å²) in [5.74, 6) is -1.54. The molecule has 112 valence electrons. The van der Waals surface area contributed by atoms with E-state index in [4.69, 9.17) is 4.42 Å². The third-order valence-corrected chi connectivity index (χ3v) is 3.37. The van der Waals surface area contributed by atoms with E-state index in [1.807, 2.05) is 0 Å². The van der Waals surface area contributed by atoms with Crippen LogP contribution in [0.1, 0.15) is 15.9 Å². The highest BCUT2D eigenvalue weighted by atomic mass is 19.1. The maximum absolute atomic E-state index is 13.8.